The Labute approximate surface area is 72.6 Å². The van der Waals surface area contributed by atoms with E-state index >= 15 is 0 Å². The standard InChI is InChI=1S/C8H16N4/c1-8(2,3)6(9)4-7-10-5-11-12-7/h5-6H,4,9H2,1-3H3,(H,10,11,12). The van der Waals surface area contributed by atoms with Crippen molar-refractivity contribution < 1.29 is 0 Å². The van der Waals surface area contributed by atoms with E-state index < -0.39 is 0 Å². The minimum Gasteiger partial charge on any atom is -0.327 e. The van der Waals surface area contributed by atoms with Crippen molar-refractivity contribution >= 4 is 0 Å². The van der Waals surface area contributed by atoms with Crippen LogP contribution in [0.3, 0.4) is 0 Å². The highest BCUT2D eigenvalue weighted by Crippen LogP contribution is 2.19. The van der Waals surface area contributed by atoms with E-state index in [1.165, 1.54) is 6.33 Å². The Morgan fingerprint density at radius 1 is 1.58 bits per heavy atom. The third kappa shape index (κ3) is 2.30. The summed E-state index contributed by atoms with van der Waals surface area (Å²) in [7, 11) is 0. The summed E-state index contributed by atoms with van der Waals surface area (Å²) >= 11 is 0. The van der Waals surface area contributed by atoms with Gasteiger partial charge in [0.05, 0.1) is 0 Å². The number of hydrogen-bond donors (Lipinski definition) is 2. The first-order valence-electron chi connectivity index (χ1n) is 4.10. The highest BCUT2D eigenvalue weighted by Gasteiger charge is 2.21. The fourth-order valence-electron chi connectivity index (χ4n) is 0.844. The Kier molecular flexibility index (Phi) is 2.47. The van der Waals surface area contributed by atoms with Crippen LogP contribution in [0.4, 0.5) is 0 Å². The minimum absolute atomic E-state index is 0.116. The van der Waals surface area contributed by atoms with Crippen molar-refractivity contribution in [3.63, 3.8) is 0 Å². The van der Waals surface area contributed by atoms with Gasteiger partial charge in [-0.2, -0.15) is 5.10 Å². The predicted molar refractivity (Wildman–Crippen MR) is 47.5 cm³/mol. The minimum atomic E-state index is 0.116. The van der Waals surface area contributed by atoms with Gasteiger partial charge in [0.25, 0.3) is 0 Å². The molecule has 1 unspecified atom stereocenters. The Morgan fingerprint density at radius 3 is 2.67 bits per heavy atom. The number of rotatable bonds is 2. The van der Waals surface area contributed by atoms with Crippen molar-refractivity contribution in [2.45, 2.75) is 33.2 Å². The third-order valence-corrected chi connectivity index (χ3v) is 1.99. The average molecular weight is 168 g/mol. The molecule has 1 aromatic rings. The summed E-state index contributed by atoms with van der Waals surface area (Å²) in [6.07, 6.45) is 2.26. The number of nitrogens with two attached hydrogens (primary N) is 1. The molecule has 1 atom stereocenters. The van der Waals surface area contributed by atoms with Gasteiger partial charge in [0.1, 0.15) is 12.2 Å². The summed E-state index contributed by atoms with van der Waals surface area (Å²) < 4.78 is 0. The van der Waals surface area contributed by atoms with E-state index in [1.807, 2.05) is 0 Å². The van der Waals surface area contributed by atoms with Gasteiger partial charge in [0, 0.05) is 12.5 Å². The lowest BCUT2D eigenvalue weighted by Crippen LogP contribution is -2.37. The first-order chi connectivity index (χ1) is 5.50. The fraction of sp³-hybridized carbons (Fsp3) is 0.750. The summed E-state index contributed by atoms with van der Waals surface area (Å²) in [5.41, 5.74) is 6.07. The summed E-state index contributed by atoms with van der Waals surface area (Å²) in [4.78, 5) is 4.02. The summed E-state index contributed by atoms with van der Waals surface area (Å²) in [5.74, 6) is 0.859. The van der Waals surface area contributed by atoms with Crippen LogP contribution >= 0.6 is 0 Å². The molecular weight excluding hydrogens is 152 g/mol. The van der Waals surface area contributed by atoms with Gasteiger partial charge in [-0.1, -0.05) is 20.8 Å². The Morgan fingerprint density at radius 2 is 2.25 bits per heavy atom. The number of aromatic nitrogens is 3. The Balaban J connectivity index is 2.53. The SMILES string of the molecule is CC(C)(C)C(N)Cc1ncn[nH]1. The molecule has 0 saturated carbocycles. The molecule has 0 bridgehead atoms. The van der Waals surface area contributed by atoms with E-state index in [2.05, 4.69) is 36.0 Å². The zero-order chi connectivity index (χ0) is 9.19. The maximum absolute atomic E-state index is 5.95. The van der Waals surface area contributed by atoms with Gasteiger partial charge in [0.2, 0.25) is 0 Å². The van der Waals surface area contributed by atoms with E-state index in [4.69, 9.17) is 5.73 Å². The second-order valence-electron chi connectivity index (χ2n) is 4.11. The summed E-state index contributed by atoms with van der Waals surface area (Å²) in [6.45, 7) is 6.36. The molecule has 0 aliphatic heterocycles. The number of nitrogens with zero attached hydrogens (tertiary/aromatic N) is 2. The van der Waals surface area contributed by atoms with Crippen molar-refractivity contribution in [2.75, 3.05) is 0 Å². The molecular formula is C8H16N4. The predicted octanol–water partition coefficient (Wildman–Crippen LogP) is 0.721. The summed E-state index contributed by atoms with van der Waals surface area (Å²) in [6, 6.07) is 0.116. The van der Waals surface area contributed by atoms with E-state index in [1.54, 1.807) is 0 Å². The quantitative estimate of drug-likeness (QED) is 0.683. The van der Waals surface area contributed by atoms with Crippen LogP contribution in [-0.4, -0.2) is 21.2 Å². The zero-order valence-corrected chi connectivity index (χ0v) is 7.83. The highest BCUT2D eigenvalue weighted by molar-refractivity contribution is 4.89. The average Bonchev–Trinajstić information content (AvgIpc) is 2.37. The molecule has 4 nitrogen and oxygen atoms in total. The Hall–Kier alpha value is -0.900. The van der Waals surface area contributed by atoms with Gasteiger partial charge in [-0.05, 0) is 5.41 Å². The second kappa shape index (κ2) is 3.23. The lowest BCUT2D eigenvalue weighted by atomic mass is 9.85. The van der Waals surface area contributed by atoms with Crippen molar-refractivity contribution in [1.82, 2.24) is 15.2 Å². The molecule has 1 aromatic heterocycles. The number of nitrogens with one attached hydrogen (secondary N) is 1. The molecule has 12 heavy (non-hydrogen) atoms. The third-order valence-electron chi connectivity index (χ3n) is 1.99. The Bertz CT molecular complexity index is 222. The molecule has 1 heterocycles. The van der Waals surface area contributed by atoms with Crippen LogP contribution in [0.1, 0.15) is 26.6 Å². The van der Waals surface area contributed by atoms with Gasteiger partial charge >= 0.3 is 0 Å². The molecule has 0 aliphatic rings. The molecule has 0 amide bonds. The van der Waals surface area contributed by atoms with Gasteiger partial charge < -0.3 is 5.73 Å². The highest BCUT2D eigenvalue weighted by atomic mass is 15.2. The molecule has 0 saturated heterocycles. The second-order valence-corrected chi connectivity index (χ2v) is 4.11. The maximum atomic E-state index is 5.95. The molecule has 68 valence electrons. The number of hydrogen-bond acceptors (Lipinski definition) is 3. The molecule has 0 aliphatic carbocycles. The first kappa shape index (κ1) is 9.19. The molecule has 0 aromatic carbocycles. The van der Waals surface area contributed by atoms with E-state index in [0.717, 1.165) is 12.2 Å². The lowest BCUT2D eigenvalue weighted by Gasteiger charge is -2.25. The molecule has 0 fully saturated rings. The fourth-order valence-corrected chi connectivity index (χ4v) is 0.844. The van der Waals surface area contributed by atoms with Crippen LogP contribution in [0.2, 0.25) is 0 Å². The van der Waals surface area contributed by atoms with E-state index in [-0.39, 0.29) is 11.5 Å². The van der Waals surface area contributed by atoms with Crippen LogP contribution in [0.25, 0.3) is 0 Å². The smallest absolute Gasteiger partial charge is 0.137 e. The van der Waals surface area contributed by atoms with Crippen LogP contribution in [0, 0.1) is 5.41 Å². The van der Waals surface area contributed by atoms with Crippen molar-refractivity contribution in [1.29, 1.82) is 0 Å². The monoisotopic (exact) mass is 168 g/mol. The molecule has 0 spiro atoms. The van der Waals surface area contributed by atoms with Crippen molar-refractivity contribution in [3.8, 4) is 0 Å². The molecule has 1 rings (SSSR count). The van der Waals surface area contributed by atoms with Crippen molar-refractivity contribution in [2.24, 2.45) is 11.1 Å². The van der Waals surface area contributed by atoms with E-state index in [0.29, 0.717) is 0 Å². The van der Waals surface area contributed by atoms with Crippen LogP contribution in [0.5, 0.6) is 0 Å². The zero-order valence-electron chi connectivity index (χ0n) is 7.83. The van der Waals surface area contributed by atoms with Gasteiger partial charge in [0.15, 0.2) is 0 Å². The molecule has 0 radical (unpaired) electrons. The molecule has 3 N–H and O–H groups in total. The van der Waals surface area contributed by atoms with Gasteiger partial charge in [-0.3, -0.25) is 5.10 Å². The van der Waals surface area contributed by atoms with Crippen molar-refractivity contribution in [3.05, 3.63) is 12.2 Å². The molecule has 4 heteroatoms. The lowest BCUT2D eigenvalue weighted by molar-refractivity contribution is 0.315. The van der Waals surface area contributed by atoms with Crippen LogP contribution < -0.4 is 5.73 Å². The largest absolute Gasteiger partial charge is 0.327 e. The maximum Gasteiger partial charge on any atom is 0.137 e. The van der Waals surface area contributed by atoms with Crippen LogP contribution in [0.15, 0.2) is 6.33 Å². The van der Waals surface area contributed by atoms with Gasteiger partial charge in [-0.25, -0.2) is 4.98 Å². The van der Waals surface area contributed by atoms with E-state index in [9.17, 15) is 0 Å². The topological polar surface area (TPSA) is 67.6 Å². The van der Waals surface area contributed by atoms with Crippen LogP contribution in [-0.2, 0) is 6.42 Å². The number of aromatic amines is 1. The number of H-pyrrole nitrogens is 1. The van der Waals surface area contributed by atoms with Gasteiger partial charge in [-0.15, -0.1) is 0 Å². The first-order valence-corrected chi connectivity index (χ1v) is 4.10. The normalized spacial score (nSPS) is 14.7. The summed E-state index contributed by atoms with van der Waals surface area (Å²) in [5, 5.41) is 6.56.